The van der Waals surface area contributed by atoms with Gasteiger partial charge in [-0.05, 0) is 30.9 Å². The molecule has 0 unspecified atom stereocenters. The minimum atomic E-state index is -1.05. The Balaban J connectivity index is 2.22. The maximum Gasteiger partial charge on any atom is 0.336 e. The average molecular weight is 261 g/mol. The van der Waals surface area contributed by atoms with Gasteiger partial charge < -0.3 is 10.0 Å². The van der Waals surface area contributed by atoms with Crippen LogP contribution in [0.25, 0.3) is 0 Å². The zero-order valence-electron chi connectivity index (χ0n) is 11.1. The molecule has 1 fully saturated rings. The number of rotatable bonds is 3. The second-order valence-electron chi connectivity index (χ2n) is 5.02. The topological polar surface area (TPSA) is 57.6 Å². The Morgan fingerprint density at radius 3 is 2.63 bits per heavy atom. The molecule has 19 heavy (non-hydrogen) atoms. The summed E-state index contributed by atoms with van der Waals surface area (Å²) in [6.07, 6.45) is 3.21. The summed E-state index contributed by atoms with van der Waals surface area (Å²) in [5.74, 6) is -0.668. The van der Waals surface area contributed by atoms with Crippen molar-refractivity contribution < 1.29 is 14.7 Å². The number of carboxylic acids is 1. The molecule has 4 heteroatoms. The molecule has 0 radical (unpaired) electrons. The number of hydrogen-bond donors (Lipinski definition) is 1. The number of hydrogen-bond acceptors (Lipinski definition) is 2. The molecule has 0 spiro atoms. The predicted octanol–water partition coefficient (Wildman–Crippen LogP) is 2.65. The molecule has 0 saturated carbocycles. The highest BCUT2D eigenvalue weighted by atomic mass is 16.4. The lowest BCUT2D eigenvalue weighted by atomic mass is 9.94. The van der Waals surface area contributed by atoms with E-state index in [9.17, 15) is 9.59 Å². The van der Waals surface area contributed by atoms with E-state index in [1.807, 2.05) is 0 Å². The lowest BCUT2D eigenvalue weighted by molar-refractivity contribution is 0.0640. The van der Waals surface area contributed by atoms with Gasteiger partial charge in [-0.25, -0.2) is 4.79 Å². The Hall–Kier alpha value is -1.84. The molecule has 1 aliphatic rings. The molecule has 1 aromatic carbocycles. The number of piperidine rings is 1. The van der Waals surface area contributed by atoms with Crippen LogP contribution < -0.4 is 0 Å². The van der Waals surface area contributed by atoms with Gasteiger partial charge >= 0.3 is 5.97 Å². The highest BCUT2D eigenvalue weighted by Crippen LogP contribution is 2.22. The van der Waals surface area contributed by atoms with Crippen LogP contribution in [-0.4, -0.2) is 35.0 Å². The molecule has 0 aliphatic carbocycles. The zero-order valence-corrected chi connectivity index (χ0v) is 11.1. The molecule has 1 heterocycles. The summed E-state index contributed by atoms with van der Waals surface area (Å²) < 4.78 is 0. The summed E-state index contributed by atoms with van der Waals surface area (Å²) in [5, 5.41) is 9.14. The molecule has 1 atom stereocenters. The van der Waals surface area contributed by atoms with Gasteiger partial charge in [-0.2, -0.15) is 0 Å². The highest BCUT2D eigenvalue weighted by Gasteiger charge is 2.26. The van der Waals surface area contributed by atoms with E-state index in [1.54, 1.807) is 23.1 Å². The second-order valence-corrected chi connectivity index (χ2v) is 5.02. The summed E-state index contributed by atoms with van der Waals surface area (Å²) in [4.78, 5) is 25.4. The number of carboxylic acid groups (broad SMARTS) is 1. The molecule has 2 rings (SSSR count). The van der Waals surface area contributed by atoms with E-state index in [-0.39, 0.29) is 11.5 Å². The third kappa shape index (κ3) is 2.95. The van der Waals surface area contributed by atoms with E-state index >= 15 is 0 Å². The van der Waals surface area contributed by atoms with Crippen molar-refractivity contribution in [3.05, 3.63) is 35.4 Å². The first kappa shape index (κ1) is 13.6. The average Bonchev–Trinajstić information content (AvgIpc) is 2.46. The van der Waals surface area contributed by atoms with Gasteiger partial charge in [0.1, 0.15) is 0 Å². The molecule has 1 aromatic rings. The minimum Gasteiger partial charge on any atom is -0.478 e. The van der Waals surface area contributed by atoms with Crippen LogP contribution in [0.3, 0.4) is 0 Å². The predicted molar refractivity (Wildman–Crippen MR) is 72.3 cm³/mol. The molecule has 102 valence electrons. The smallest absolute Gasteiger partial charge is 0.336 e. The standard InChI is InChI=1S/C15H19NO3/c1-2-11-6-5-9-16(10-11)14(17)12-7-3-4-8-13(12)15(18)19/h3-4,7-8,11H,2,5-6,9-10H2,1H3,(H,18,19)/t11-/m1/s1. The van der Waals surface area contributed by atoms with Gasteiger partial charge in [-0.15, -0.1) is 0 Å². The Kier molecular flexibility index (Phi) is 4.20. The third-order valence-electron chi connectivity index (χ3n) is 3.77. The maximum absolute atomic E-state index is 12.4. The molecule has 1 N–H and O–H groups in total. The van der Waals surface area contributed by atoms with Crippen molar-refractivity contribution in [3.8, 4) is 0 Å². The van der Waals surface area contributed by atoms with Crippen LogP contribution in [-0.2, 0) is 0 Å². The first-order chi connectivity index (χ1) is 9.13. The summed E-state index contributed by atoms with van der Waals surface area (Å²) in [5.41, 5.74) is 0.387. The number of nitrogens with zero attached hydrogens (tertiary/aromatic N) is 1. The van der Waals surface area contributed by atoms with Crippen molar-refractivity contribution in [3.63, 3.8) is 0 Å². The summed E-state index contributed by atoms with van der Waals surface area (Å²) in [7, 11) is 0. The fourth-order valence-electron chi connectivity index (χ4n) is 2.61. The molecular formula is C15H19NO3. The van der Waals surface area contributed by atoms with Crippen molar-refractivity contribution in [1.82, 2.24) is 4.90 Å². The molecule has 1 aliphatic heterocycles. The van der Waals surface area contributed by atoms with Crippen molar-refractivity contribution in [2.75, 3.05) is 13.1 Å². The number of carbonyl (C=O) groups excluding carboxylic acids is 1. The number of carbonyl (C=O) groups is 2. The molecular weight excluding hydrogens is 242 g/mol. The van der Waals surface area contributed by atoms with Crippen LogP contribution in [0.2, 0.25) is 0 Å². The number of benzene rings is 1. The summed E-state index contributed by atoms with van der Waals surface area (Å²) in [6.45, 7) is 3.59. The van der Waals surface area contributed by atoms with Crippen LogP contribution in [0.1, 0.15) is 46.9 Å². The number of amides is 1. The third-order valence-corrected chi connectivity index (χ3v) is 3.77. The Morgan fingerprint density at radius 1 is 1.32 bits per heavy atom. The minimum absolute atomic E-state index is 0.0890. The Bertz CT molecular complexity index is 484. The van der Waals surface area contributed by atoms with Crippen molar-refractivity contribution >= 4 is 11.9 Å². The van der Waals surface area contributed by atoms with Crippen LogP contribution >= 0.6 is 0 Å². The van der Waals surface area contributed by atoms with Gasteiger partial charge in [-0.1, -0.05) is 25.5 Å². The van der Waals surface area contributed by atoms with Gasteiger partial charge in [0.25, 0.3) is 5.91 Å². The quantitative estimate of drug-likeness (QED) is 0.910. The second kappa shape index (κ2) is 5.87. The summed E-state index contributed by atoms with van der Waals surface area (Å²) >= 11 is 0. The fraction of sp³-hybridized carbons (Fsp3) is 0.467. The Labute approximate surface area is 113 Å². The number of aromatic carboxylic acids is 1. The molecule has 0 aromatic heterocycles. The van der Waals surface area contributed by atoms with E-state index in [2.05, 4.69) is 6.92 Å². The first-order valence-corrected chi connectivity index (χ1v) is 6.75. The monoisotopic (exact) mass is 261 g/mol. The fourth-order valence-corrected chi connectivity index (χ4v) is 2.61. The SMILES string of the molecule is CC[C@@H]1CCCN(C(=O)c2ccccc2C(=O)O)C1. The van der Waals surface area contributed by atoms with Crippen molar-refractivity contribution in [1.29, 1.82) is 0 Å². The van der Waals surface area contributed by atoms with Crippen molar-refractivity contribution in [2.45, 2.75) is 26.2 Å². The maximum atomic E-state index is 12.4. The van der Waals surface area contributed by atoms with E-state index in [0.29, 0.717) is 11.5 Å². The molecule has 0 bridgehead atoms. The highest BCUT2D eigenvalue weighted by molar-refractivity contribution is 6.04. The summed E-state index contributed by atoms with van der Waals surface area (Å²) in [6, 6.07) is 6.43. The molecule has 4 nitrogen and oxygen atoms in total. The normalized spacial score (nSPS) is 19.2. The Morgan fingerprint density at radius 2 is 2.00 bits per heavy atom. The van der Waals surface area contributed by atoms with Crippen LogP contribution in [0.15, 0.2) is 24.3 Å². The van der Waals surface area contributed by atoms with Gasteiger partial charge in [0.2, 0.25) is 0 Å². The van der Waals surface area contributed by atoms with Crippen LogP contribution in [0, 0.1) is 5.92 Å². The van der Waals surface area contributed by atoms with E-state index in [4.69, 9.17) is 5.11 Å². The largest absolute Gasteiger partial charge is 0.478 e. The lowest BCUT2D eigenvalue weighted by Gasteiger charge is -2.32. The van der Waals surface area contributed by atoms with E-state index < -0.39 is 5.97 Å². The van der Waals surface area contributed by atoms with E-state index in [0.717, 1.165) is 32.4 Å². The molecule has 1 amide bonds. The van der Waals surface area contributed by atoms with Gasteiger partial charge in [0.05, 0.1) is 11.1 Å². The van der Waals surface area contributed by atoms with Crippen LogP contribution in [0.5, 0.6) is 0 Å². The van der Waals surface area contributed by atoms with Crippen LogP contribution in [0.4, 0.5) is 0 Å². The van der Waals surface area contributed by atoms with Gasteiger partial charge in [0.15, 0.2) is 0 Å². The van der Waals surface area contributed by atoms with Crippen molar-refractivity contribution in [2.24, 2.45) is 5.92 Å². The first-order valence-electron chi connectivity index (χ1n) is 6.75. The zero-order chi connectivity index (χ0) is 13.8. The lowest BCUT2D eigenvalue weighted by Crippen LogP contribution is -2.40. The van der Waals surface area contributed by atoms with Gasteiger partial charge in [-0.3, -0.25) is 4.79 Å². The molecule has 1 saturated heterocycles. The van der Waals surface area contributed by atoms with Gasteiger partial charge in [0, 0.05) is 13.1 Å². The van der Waals surface area contributed by atoms with E-state index in [1.165, 1.54) is 6.07 Å². The number of likely N-dealkylation sites (tertiary alicyclic amines) is 1.